The molecule has 0 aromatic carbocycles. The third kappa shape index (κ3) is 2.36. The summed E-state index contributed by atoms with van der Waals surface area (Å²) in [7, 11) is 0. The first kappa shape index (κ1) is 14.0. The molecule has 1 unspecified atom stereocenters. The zero-order valence-electron chi connectivity index (χ0n) is 13.3. The molecule has 1 atom stereocenters. The van der Waals surface area contributed by atoms with Gasteiger partial charge in [-0.15, -0.1) is 0 Å². The maximum atomic E-state index is 5.56. The number of hydrogen-bond donors (Lipinski definition) is 0. The van der Waals surface area contributed by atoms with Gasteiger partial charge in [0, 0.05) is 49.7 Å². The van der Waals surface area contributed by atoms with E-state index in [1.54, 1.807) is 0 Å². The van der Waals surface area contributed by atoms with Crippen LogP contribution in [0.5, 0.6) is 0 Å². The molecule has 118 valence electrons. The molecule has 6 heteroatoms. The van der Waals surface area contributed by atoms with E-state index >= 15 is 0 Å². The summed E-state index contributed by atoms with van der Waals surface area (Å²) in [5.74, 6) is 0. The van der Waals surface area contributed by atoms with Crippen LogP contribution in [-0.4, -0.2) is 43.7 Å². The van der Waals surface area contributed by atoms with Gasteiger partial charge in [-0.2, -0.15) is 10.2 Å². The average Bonchev–Trinajstić information content (AvgIpc) is 3.25. The molecule has 0 saturated carbocycles. The summed E-state index contributed by atoms with van der Waals surface area (Å²) in [4.78, 5) is 2.55. The molecule has 0 N–H and O–H groups in total. The fourth-order valence-electron chi connectivity index (χ4n) is 3.53. The average molecular weight is 301 g/mol. The zero-order valence-corrected chi connectivity index (χ0v) is 13.3. The van der Waals surface area contributed by atoms with Crippen LogP contribution >= 0.6 is 0 Å². The quantitative estimate of drug-likeness (QED) is 0.864. The molecule has 22 heavy (non-hydrogen) atoms. The second-order valence-corrected chi connectivity index (χ2v) is 6.54. The fourth-order valence-corrected chi connectivity index (χ4v) is 3.53. The monoisotopic (exact) mass is 301 g/mol. The molecule has 2 aromatic heterocycles. The summed E-state index contributed by atoms with van der Waals surface area (Å²) in [5, 5.41) is 9.19. The van der Waals surface area contributed by atoms with E-state index in [4.69, 9.17) is 9.84 Å². The maximum Gasteiger partial charge on any atom is 0.0888 e. The van der Waals surface area contributed by atoms with Crippen LogP contribution in [0.15, 0.2) is 18.5 Å². The molecule has 2 aromatic rings. The van der Waals surface area contributed by atoms with Gasteiger partial charge in [-0.25, -0.2) is 0 Å². The predicted octanol–water partition coefficient (Wildman–Crippen LogP) is 1.81. The van der Waals surface area contributed by atoms with E-state index in [2.05, 4.69) is 28.5 Å². The molecule has 0 amide bonds. The van der Waals surface area contributed by atoms with Gasteiger partial charge in [0.25, 0.3) is 0 Å². The van der Waals surface area contributed by atoms with Crippen molar-refractivity contribution in [1.82, 2.24) is 24.5 Å². The minimum absolute atomic E-state index is 0.389. The first-order valence-corrected chi connectivity index (χ1v) is 8.10. The van der Waals surface area contributed by atoms with Crippen molar-refractivity contribution >= 4 is 0 Å². The lowest BCUT2D eigenvalue weighted by molar-refractivity contribution is 0.141. The van der Waals surface area contributed by atoms with Crippen molar-refractivity contribution in [3.05, 3.63) is 35.4 Å². The number of aromatic nitrogens is 4. The molecule has 0 spiro atoms. The molecule has 4 rings (SSSR count). The number of nitrogens with zero attached hydrogens (tertiary/aromatic N) is 5. The van der Waals surface area contributed by atoms with Gasteiger partial charge in [-0.1, -0.05) is 0 Å². The standard InChI is InChI=1S/C16H23N5O/c1-12(2)21-16-10-19(13-4-7-22-11-13)8-14(16)15(18-21)9-20-6-3-5-17-20/h3,5-6,12-13H,4,7-11H2,1-2H3. The van der Waals surface area contributed by atoms with E-state index in [1.807, 2.05) is 23.1 Å². The number of fused-ring (bicyclic) bond motifs is 1. The second-order valence-electron chi connectivity index (χ2n) is 6.54. The molecule has 4 heterocycles. The largest absolute Gasteiger partial charge is 0.380 e. The van der Waals surface area contributed by atoms with Crippen LogP contribution in [-0.2, 0) is 24.4 Å². The SMILES string of the molecule is CC(C)n1nc(Cn2cccn2)c2c1CN(C1CCOC1)C2. The van der Waals surface area contributed by atoms with Gasteiger partial charge in [-0.3, -0.25) is 14.3 Å². The Morgan fingerprint density at radius 3 is 2.95 bits per heavy atom. The van der Waals surface area contributed by atoms with E-state index in [-0.39, 0.29) is 0 Å². The van der Waals surface area contributed by atoms with Crippen molar-refractivity contribution < 1.29 is 4.74 Å². The minimum Gasteiger partial charge on any atom is -0.380 e. The van der Waals surface area contributed by atoms with Crippen LogP contribution in [0.25, 0.3) is 0 Å². The van der Waals surface area contributed by atoms with Crippen LogP contribution in [0, 0.1) is 0 Å². The third-order valence-corrected chi connectivity index (χ3v) is 4.70. The van der Waals surface area contributed by atoms with Crippen LogP contribution < -0.4 is 0 Å². The van der Waals surface area contributed by atoms with Crippen LogP contribution in [0.4, 0.5) is 0 Å². The van der Waals surface area contributed by atoms with Crippen molar-refractivity contribution in [1.29, 1.82) is 0 Å². The van der Waals surface area contributed by atoms with Gasteiger partial charge in [0.2, 0.25) is 0 Å². The van der Waals surface area contributed by atoms with Gasteiger partial charge in [0.1, 0.15) is 0 Å². The normalized spacial score (nSPS) is 21.9. The first-order chi connectivity index (χ1) is 10.7. The van der Waals surface area contributed by atoms with Gasteiger partial charge < -0.3 is 4.74 Å². The van der Waals surface area contributed by atoms with Crippen molar-refractivity contribution in [3.8, 4) is 0 Å². The zero-order chi connectivity index (χ0) is 15.1. The Kier molecular flexibility index (Phi) is 3.50. The topological polar surface area (TPSA) is 48.1 Å². The molecule has 1 saturated heterocycles. The lowest BCUT2D eigenvalue weighted by Gasteiger charge is -2.22. The lowest BCUT2D eigenvalue weighted by atomic mass is 10.2. The molecule has 0 radical (unpaired) electrons. The van der Waals surface area contributed by atoms with Crippen molar-refractivity contribution in [2.45, 2.75) is 52.0 Å². The number of rotatable bonds is 4. The summed E-state index contributed by atoms with van der Waals surface area (Å²) < 4.78 is 9.71. The Balaban J connectivity index is 1.63. The van der Waals surface area contributed by atoms with Crippen LogP contribution in [0.3, 0.4) is 0 Å². The molecule has 2 aliphatic rings. The predicted molar refractivity (Wildman–Crippen MR) is 82.4 cm³/mol. The Morgan fingerprint density at radius 1 is 1.36 bits per heavy atom. The molecule has 2 aliphatic heterocycles. The molecular weight excluding hydrogens is 278 g/mol. The smallest absolute Gasteiger partial charge is 0.0888 e. The van der Waals surface area contributed by atoms with Gasteiger partial charge >= 0.3 is 0 Å². The Hall–Kier alpha value is -1.66. The van der Waals surface area contributed by atoms with Crippen LogP contribution in [0.1, 0.15) is 43.3 Å². The van der Waals surface area contributed by atoms with E-state index in [0.717, 1.165) is 45.0 Å². The number of ether oxygens (including phenoxy) is 1. The molecule has 1 fully saturated rings. The summed E-state index contributed by atoms with van der Waals surface area (Å²) in [6, 6.07) is 2.91. The lowest BCUT2D eigenvalue weighted by Crippen LogP contribution is -2.31. The molecule has 0 aliphatic carbocycles. The van der Waals surface area contributed by atoms with Crippen molar-refractivity contribution in [3.63, 3.8) is 0 Å². The van der Waals surface area contributed by atoms with Gasteiger partial charge in [-0.05, 0) is 26.3 Å². The van der Waals surface area contributed by atoms with E-state index in [0.29, 0.717) is 12.1 Å². The van der Waals surface area contributed by atoms with E-state index in [9.17, 15) is 0 Å². The first-order valence-electron chi connectivity index (χ1n) is 8.10. The molecular formula is C16H23N5O. The summed E-state index contributed by atoms with van der Waals surface area (Å²) in [6.07, 6.45) is 4.97. The highest BCUT2D eigenvalue weighted by Gasteiger charge is 2.33. The highest BCUT2D eigenvalue weighted by Crippen LogP contribution is 2.31. The number of hydrogen-bond acceptors (Lipinski definition) is 4. The summed E-state index contributed by atoms with van der Waals surface area (Å²) >= 11 is 0. The molecule has 6 nitrogen and oxygen atoms in total. The van der Waals surface area contributed by atoms with Crippen LogP contribution in [0.2, 0.25) is 0 Å². The van der Waals surface area contributed by atoms with E-state index in [1.165, 1.54) is 11.3 Å². The van der Waals surface area contributed by atoms with E-state index < -0.39 is 0 Å². The van der Waals surface area contributed by atoms with Gasteiger partial charge in [0.15, 0.2) is 0 Å². The fraction of sp³-hybridized carbons (Fsp3) is 0.625. The highest BCUT2D eigenvalue weighted by atomic mass is 16.5. The molecule has 0 bridgehead atoms. The highest BCUT2D eigenvalue weighted by molar-refractivity contribution is 5.31. The summed E-state index contributed by atoms with van der Waals surface area (Å²) in [5.41, 5.74) is 3.94. The Morgan fingerprint density at radius 2 is 2.27 bits per heavy atom. The summed E-state index contributed by atoms with van der Waals surface area (Å²) in [6.45, 7) is 8.91. The van der Waals surface area contributed by atoms with Crippen molar-refractivity contribution in [2.75, 3.05) is 13.2 Å². The maximum absolute atomic E-state index is 5.56. The van der Waals surface area contributed by atoms with Crippen molar-refractivity contribution in [2.24, 2.45) is 0 Å². The van der Waals surface area contributed by atoms with Gasteiger partial charge in [0.05, 0.1) is 24.5 Å². The Labute approximate surface area is 130 Å². The minimum atomic E-state index is 0.389. The third-order valence-electron chi connectivity index (χ3n) is 4.70. The second kappa shape index (κ2) is 5.52. The Bertz CT molecular complexity index is 640.